The van der Waals surface area contributed by atoms with Gasteiger partial charge in [-0.2, -0.15) is 3.89 Å². The number of hydrogen-bond donors (Lipinski definition) is 0. The van der Waals surface area contributed by atoms with Crippen LogP contribution in [0.1, 0.15) is 16.7 Å². The van der Waals surface area contributed by atoms with E-state index >= 15 is 0 Å². The molecule has 94 valence electrons. The molecular weight excluding hydrogens is 257 g/mol. The summed E-state index contributed by atoms with van der Waals surface area (Å²) in [6.07, 6.45) is 4.74. The predicted octanol–water partition coefficient (Wildman–Crippen LogP) is 4.57. The number of nitrogens with zero attached hydrogens (tertiary/aromatic N) is 1. The highest BCUT2D eigenvalue weighted by atomic mass is 32.2. The van der Waals surface area contributed by atoms with E-state index in [1.165, 1.54) is 5.56 Å². The summed E-state index contributed by atoms with van der Waals surface area (Å²) in [5, 5.41) is 0. The number of aliphatic imine (C=N–C) groups is 1. The van der Waals surface area contributed by atoms with Crippen LogP contribution in [0.4, 0.5) is 3.89 Å². The van der Waals surface area contributed by atoms with Crippen molar-refractivity contribution in [2.24, 2.45) is 4.99 Å². The summed E-state index contributed by atoms with van der Waals surface area (Å²) < 4.78 is 12.7. The zero-order valence-electron chi connectivity index (χ0n) is 10.2. The van der Waals surface area contributed by atoms with Crippen molar-refractivity contribution in [1.82, 2.24) is 0 Å². The van der Waals surface area contributed by atoms with E-state index in [0.29, 0.717) is 4.90 Å². The number of fused-ring (bicyclic) bond motifs is 1. The molecule has 0 amide bonds. The maximum absolute atomic E-state index is 12.7. The Hall–Kier alpha value is -1.87. The molecule has 0 atom stereocenters. The second-order valence-electron chi connectivity index (χ2n) is 4.33. The number of rotatable bonds is 2. The van der Waals surface area contributed by atoms with Crippen molar-refractivity contribution in [3.8, 4) is 0 Å². The average molecular weight is 269 g/mol. The second kappa shape index (κ2) is 5.41. The molecule has 0 N–H and O–H groups in total. The lowest BCUT2D eigenvalue weighted by Gasteiger charge is -2.10. The fourth-order valence-electron chi connectivity index (χ4n) is 2.23. The van der Waals surface area contributed by atoms with E-state index in [1.807, 2.05) is 42.6 Å². The van der Waals surface area contributed by atoms with Crippen molar-refractivity contribution < 1.29 is 3.89 Å². The summed E-state index contributed by atoms with van der Waals surface area (Å²) in [6.45, 7) is 0. The van der Waals surface area contributed by atoms with Crippen LogP contribution < -0.4 is 0 Å². The first-order chi connectivity index (χ1) is 9.38. The molecule has 1 heterocycles. The standard InChI is InChI=1S/C16H12FNS/c17-19-14-8-3-6-13(11-14)16-15-9-2-1-5-12(15)7-4-10-18-16/h1-6,8-11H,7H2. The minimum absolute atomic E-state index is 0.260. The summed E-state index contributed by atoms with van der Waals surface area (Å²) in [4.78, 5) is 5.12. The van der Waals surface area contributed by atoms with Crippen LogP contribution in [0, 0.1) is 0 Å². The van der Waals surface area contributed by atoms with Crippen LogP contribution in [0.25, 0.3) is 0 Å². The molecule has 0 radical (unpaired) electrons. The first kappa shape index (κ1) is 12.2. The molecule has 1 nitrogen and oxygen atoms in total. The molecule has 0 saturated carbocycles. The number of benzene rings is 2. The number of allylic oxidation sites excluding steroid dienone is 1. The van der Waals surface area contributed by atoms with Crippen LogP contribution in [-0.4, -0.2) is 5.71 Å². The maximum Gasteiger partial charge on any atom is 0.0812 e. The van der Waals surface area contributed by atoms with Gasteiger partial charge in [-0.1, -0.05) is 42.5 Å². The van der Waals surface area contributed by atoms with Crippen molar-refractivity contribution in [3.05, 3.63) is 77.5 Å². The van der Waals surface area contributed by atoms with Crippen molar-refractivity contribution in [3.63, 3.8) is 0 Å². The monoisotopic (exact) mass is 269 g/mol. The summed E-state index contributed by atoms with van der Waals surface area (Å²) in [6, 6.07) is 15.6. The van der Waals surface area contributed by atoms with Crippen molar-refractivity contribution in [2.75, 3.05) is 0 Å². The quantitative estimate of drug-likeness (QED) is 0.778. The van der Waals surface area contributed by atoms with Gasteiger partial charge in [-0.05, 0) is 24.1 Å². The Kier molecular flexibility index (Phi) is 3.47. The average Bonchev–Trinajstić information content (AvgIpc) is 2.69. The minimum atomic E-state index is 0.260. The lowest BCUT2D eigenvalue weighted by Crippen LogP contribution is -2.05. The molecule has 2 aromatic carbocycles. The van der Waals surface area contributed by atoms with E-state index in [9.17, 15) is 3.89 Å². The molecule has 1 aliphatic rings. The van der Waals surface area contributed by atoms with Gasteiger partial charge in [0.05, 0.1) is 17.9 Å². The SMILES string of the molecule is FSc1cccc(C2=NC=CCc3ccccc32)c1. The molecule has 0 saturated heterocycles. The fraction of sp³-hybridized carbons (Fsp3) is 0.0625. The summed E-state index contributed by atoms with van der Waals surface area (Å²) >= 11 is 0.260. The molecule has 0 aromatic heterocycles. The third-order valence-electron chi connectivity index (χ3n) is 3.12. The van der Waals surface area contributed by atoms with E-state index in [-0.39, 0.29) is 12.1 Å². The van der Waals surface area contributed by atoms with Crippen molar-refractivity contribution in [1.29, 1.82) is 0 Å². The molecule has 1 aliphatic heterocycles. The van der Waals surface area contributed by atoms with Gasteiger partial charge >= 0.3 is 0 Å². The van der Waals surface area contributed by atoms with Crippen LogP contribution in [0.3, 0.4) is 0 Å². The van der Waals surface area contributed by atoms with Gasteiger partial charge in [0.15, 0.2) is 0 Å². The third-order valence-corrected chi connectivity index (χ3v) is 3.55. The Morgan fingerprint density at radius 2 is 1.95 bits per heavy atom. The van der Waals surface area contributed by atoms with Gasteiger partial charge in [0.25, 0.3) is 0 Å². The molecule has 0 unspecified atom stereocenters. The largest absolute Gasteiger partial charge is 0.256 e. The van der Waals surface area contributed by atoms with Gasteiger partial charge in [0, 0.05) is 22.2 Å². The Morgan fingerprint density at radius 3 is 2.84 bits per heavy atom. The smallest absolute Gasteiger partial charge is 0.0812 e. The van der Waals surface area contributed by atoms with E-state index in [0.717, 1.165) is 23.3 Å². The molecular formula is C16H12FNS. The molecule has 0 fully saturated rings. The lowest BCUT2D eigenvalue weighted by molar-refractivity contribution is 0.934. The first-order valence-corrected chi connectivity index (χ1v) is 6.80. The normalized spacial score (nSPS) is 13.6. The molecule has 0 spiro atoms. The van der Waals surface area contributed by atoms with Gasteiger partial charge in [-0.3, -0.25) is 4.99 Å². The van der Waals surface area contributed by atoms with Crippen LogP contribution >= 0.6 is 12.1 Å². The Bertz CT molecular complexity index is 661. The molecule has 3 rings (SSSR count). The summed E-state index contributed by atoms with van der Waals surface area (Å²) in [5.74, 6) is 0. The van der Waals surface area contributed by atoms with Crippen LogP contribution in [0.15, 0.2) is 70.7 Å². The predicted molar refractivity (Wildman–Crippen MR) is 78.3 cm³/mol. The minimum Gasteiger partial charge on any atom is -0.256 e. The first-order valence-electron chi connectivity index (χ1n) is 6.08. The molecule has 2 aromatic rings. The van der Waals surface area contributed by atoms with E-state index in [1.54, 1.807) is 6.07 Å². The molecule has 19 heavy (non-hydrogen) atoms. The highest BCUT2D eigenvalue weighted by Gasteiger charge is 2.12. The highest BCUT2D eigenvalue weighted by molar-refractivity contribution is 7.94. The van der Waals surface area contributed by atoms with Gasteiger partial charge in [0.2, 0.25) is 0 Å². The molecule has 0 bridgehead atoms. The van der Waals surface area contributed by atoms with E-state index in [4.69, 9.17) is 0 Å². The second-order valence-corrected chi connectivity index (χ2v) is 4.95. The zero-order chi connectivity index (χ0) is 13.1. The van der Waals surface area contributed by atoms with Gasteiger partial charge in [0.1, 0.15) is 0 Å². The van der Waals surface area contributed by atoms with Gasteiger partial charge < -0.3 is 0 Å². The zero-order valence-corrected chi connectivity index (χ0v) is 11.0. The van der Waals surface area contributed by atoms with Gasteiger partial charge in [-0.15, -0.1) is 0 Å². The lowest BCUT2D eigenvalue weighted by atomic mass is 9.96. The van der Waals surface area contributed by atoms with E-state index < -0.39 is 0 Å². The molecule has 0 aliphatic carbocycles. The summed E-state index contributed by atoms with van der Waals surface area (Å²) in [5.41, 5.74) is 4.21. The number of halogens is 1. The Balaban J connectivity index is 2.14. The topological polar surface area (TPSA) is 12.4 Å². The van der Waals surface area contributed by atoms with Crippen LogP contribution in [0.2, 0.25) is 0 Å². The fourth-order valence-corrected chi connectivity index (χ4v) is 2.53. The van der Waals surface area contributed by atoms with E-state index in [2.05, 4.69) is 17.1 Å². The molecule has 3 heteroatoms. The highest BCUT2D eigenvalue weighted by Crippen LogP contribution is 2.24. The van der Waals surface area contributed by atoms with Crippen LogP contribution in [-0.2, 0) is 6.42 Å². The van der Waals surface area contributed by atoms with Crippen LogP contribution in [0.5, 0.6) is 0 Å². The van der Waals surface area contributed by atoms with Crippen molar-refractivity contribution >= 4 is 17.9 Å². The summed E-state index contributed by atoms with van der Waals surface area (Å²) in [7, 11) is 0. The Labute approximate surface area is 116 Å². The number of hydrogen-bond acceptors (Lipinski definition) is 2. The van der Waals surface area contributed by atoms with Gasteiger partial charge in [-0.25, -0.2) is 0 Å². The Morgan fingerprint density at radius 1 is 1.05 bits per heavy atom. The third kappa shape index (κ3) is 2.47. The van der Waals surface area contributed by atoms with Crippen molar-refractivity contribution in [2.45, 2.75) is 11.3 Å². The maximum atomic E-state index is 12.7.